The van der Waals surface area contributed by atoms with Crippen LogP contribution in [0.4, 0.5) is 18.9 Å². The van der Waals surface area contributed by atoms with Crippen molar-refractivity contribution in [2.24, 2.45) is 5.84 Å². The molecular weight excluding hydrogens is 233 g/mol. The highest BCUT2D eigenvalue weighted by Crippen LogP contribution is 2.34. The number of hydrogen-bond donors (Lipinski definition) is 2. The Morgan fingerprint density at radius 2 is 2.06 bits per heavy atom. The highest BCUT2D eigenvalue weighted by molar-refractivity contribution is 5.57. The number of alkyl halides is 3. The minimum absolute atomic E-state index is 0.135. The quantitative estimate of drug-likeness (QED) is 0.478. The van der Waals surface area contributed by atoms with E-state index in [1.54, 1.807) is 0 Å². The van der Waals surface area contributed by atoms with Crippen LogP contribution < -0.4 is 16.0 Å². The van der Waals surface area contributed by atoms with E-state index in [-0.39, 0.29) is 5.69 Å². The van der Waals surface area contributed by atoms with Crippen LogP contribution in [0.15, 0.2) is 18.2 Å². The van der Waals surface area contributed by atoms with Crippen LogP contribution in [-0.4, -0.2) is 6.61 Å². The van der Waals surface area contributed by atoms with E-state index in [0.29, 0.717) is 12.4 Å². The fraction of sp³-hybridized carbons (Fsp3) is 0.455. The molecule has 3 N–H and O–H groups in total. The summed E-state index contributed by atoms with van der Waals surface area (Å²) in [5.74, 6) is 5.50. The minimum atomic E-state index is -4.38. The molecule has 0 aliphatic rings. The van der Waals surface area contributed by atoms with Gasteiger partial charge in [0, 0.05) is 0 Å². The Morgan fingerprint density at radius 3 is 2.59 bits per heavy atom. The lowest BCUT2D eigenvalue weighted by Gasteiger charge is -2.13. The minimum Gasteiger partial charge on any atom is -0.491 e. The largest absolute Gasteiger partial charge is 0.491 e. The normalized spacial score (nSPS) is 11.4. The van der Waals surface area contributed by atoms with E-state index in [1.165, 1.54) is 6.07 Å². The molecule has 0 radical (unpaired) electrons. The molecule has 0 spiro atoms. The zero-order valence-corrected chi connectivity index (χ0v) is 9.47. The van der Waals surface area contributed by atoms with Gasteiger partial charge in [0.1, 0.15) is 5.75 Å². The van der Waals surface area contributed by atoms with Crippen molar-refractivity contribution < 1.29 is 17.9 Å². The number of nitrogens with one attached hydrogen (secondary N) is 1. The molecule has 1 aromatic rings. The van der Waals surface area contributed by atoms with Gasteiger partial charge in [-0.2, -0.15) is 13.2 Å². The van der Waals surface area contributed by atoms with Crippen LogP contribution in [0.5, 0.6) is 5.75 Å². The molecule has 0 aliphatic carbocycles. The molecule has 0 saturated heterocycles. The van der Waals surface area contributed by atoms with Gasteiger partial charge >= 0.3 is 6.18 Å². The van der Waals surface area contributed by atoms with Crippen LogP contribution in [0.2, 0.25) is 0 Å². The highest BCUT2D eigenvalue weighted by Gasteiger charge is 2.31. The van der Waals surface area contributed by atoms with Crippen molar-refractivity contribution in [2.45, 2.75) is 25.9 Å². The first-order chi connectivity index (χ1) is 7.99. The van der Waals surface area contributed by atoms with Gasteiger partial charge in [0.2, 0.25) is 0 Å². The summed E-state index contributed by atoms with van der Waals surface area (Å²) >= 11 is 0. The lowest BCUT2D eigenvalue weighted by molar-refractivity contribution is -0.137. The molecule has 17 heavy (non-hydrogen) atoms. The molecule has 0 aliphatic heterocycles. The number of nitrogen functional groups attached to an aromatic ring is 1. The summed E-state index contributed by atoms with van der Waals surface area (Å²) in [5, 5.41) is 0. The van der Waals surface area contributed by atoms with Gasteiger partial charge in [-0.15, -0.1) is 0 Å². The molecule has 0 heterocycles. The second-order valence-corrected chi connectivity index (χ2v) is 3.56. The second kappa shape index (κ2) is 5.77. The lowest BCUT2D eigenvalue weighted by Crippen LogP contribution is -2.12. The maximum Gasteiger partial charge on any atom is 0.416 e. The molecule has 96 valence electrons. The SMILES string of the molecule is CCCCOc1ccc(C(F)(F)F)cc1NN. The lowest BCUT2D eigenvalue weighted by atomic mass is 10.2. The summed E-state index contributed by atoms with van der Waals surface area (Å²) < 4.78 is 42.6. The van der Waals surface area contributed by atoms with Gasteiger partial charge in [-0.1, -0.05) is 13.3 Å². The third-order valence-electron chi connectivity index (χ3n) is 2.22. The summed E-state index contributed by atoms with van der Waals surface area (Å²) in [6.07, 6.45) is -2.59. The van der Waals surface area contributed by atoms with Gasteiger partial charge in [-0.3, -0.25) is 5.84 Å². The van der Waals surface area contributed by atoms with Crippen molar-refractivity contribution in [3.05, 3.63) is 23.8 Å². The highest BCUT2D eigenvalue weighted by atomic mass is 19.4. The number of rotatable bonds is 5. The van der Waals surface area contributed by atoms with Crippen LogP contribution in [-0.2, 0) is 6.18 Å². The van der Waals surface area contributed by atoms with E-state index in [0.717, 1.165) is 25.0 Å². The van der Waals surface area contributed by atoms with E-state index < -0.39 is 11.7 Å². The average molecular weight is 248 g/mol. The third kappa shape index (κ3) is 3.81. The number of halogens is 3. The van der Waals surface area contributed by atoms with Gasteiger partial charge < -0.3 is 10.2 Å². The van der Waals surface area contributed by atoms with Crippen molar-refractivity contribution in [3.8, 4) is 5.75 Å². The zero-order valence-electron chi connectivity index (χ0n) is 9.47. The van der Waals surface area contributed by atoms with E-state index >= 15 is 0 Å². The summed E-state index contributed by atoms with van der Waals surface area (Å²) in [4.78, 5) is 0. The Balaban J connectivity index is 2.86. The van der Waals surface area contributed by atoms with Crippen LogP contribution in [0.25, 0.3) is 0 Å². The Labute approximate surface area is 97.7 Å². The molecule has 6 heteroatoms. The van der Waals surface area contributed by atoms with Gasteiger partial charge in [-0.25, -0.2) is 0 Å². The van der Waals surface area contributed by atoms with Crippen LogP contribution in [0.3, 0.4) is 0 Å². The first-order valence-electron chi connectivity index (χ1n) is 5.29. The number of ether oxygens (including phenoxy) is 1. The summed E-state index contributed by atoms with van der Waals surface area (Å²) in [5.41, 5.74) is 1.59. The molecule has 0 aromatic heterocycles. The smallest absolute Gasteiger partial charge is 0.416 e. The Hall–Kier alpha value is -1.43. The van der Waals surface area contributed by atoms with Gasteiger partial charge in [-0.05, 0) is 24.6 Å². The standard InChI is InChI=1S/C11H15F3N2O/c1-2-3-6-17-10-5-4-8(11(12,13)14)7-9(10)16-15/h4-5,7,16H,2-3,6,15H2,1H3. The van der Waals surface area contributed by atoms with Crippen molar-refractivity contribution in [3.63, 3.8) is 0 Å². The fourth-order valence-electron chi connectivity index (χ4n) is 1.27. The third-order valence-corrected chi connectivity index (χ3v) is 2.22. The number of nitrogens with two attached hydrogens (primary N) is 1. The number of benzene rings is 1. The predicted molar refractivity (Wildman–Crippen MR) is 59.7 cm³/mol. The topological polar surface area (TPSA) is 47.3 Å². The van der Waals surface area contributed by atoms with Crippen molar-refractivity contribution >= 4 is 5.69 Å². The first-order valence-corrected chi connectivity index (χ1v) is 5.29. The number of hydrogen-bond acceptors (Lipinski definition) is 3. The molecule has 1 aromatic carbocycles. The molecule has 0 saturated carbocycles. The summed E-state index contributed by atoms with van der Waals surface area (Å²) in [6.45, 7) is 2.45. The molecule has 0 unspecified atom stereocenters. The zero-order chi connectivity index (χ0) is 12.9. The Bertz CT molecular complexity index is 366. The van der Waals surface area contributed by atoms with E-state index in [1.807, 2.05) is 6.92 Å². The number of anilines is 1. The number of unbranched alkanes of at least 4 members (excludes halogenated alkanes) is 1. The Kier molecular flexibility index (Phi) is 4.62. The van der Waals surface area contributed by atoms with E-state index in [9.17, 15) is 13.2 Å². The molecule has 0 fully saturated rings. The average Bonchev–Trinajstić information content (AvgIpc) is 2.28. The van der Waals surface area contributed by atoms with Gasteiger partial charge in [0.15, 0.2) is 0 Å². The van der Waals surface area contributed by atoms with Crippen molar-refractivity contribution in [2.75, 3.05) is 12.0 Å². The maximum atomic E-state index is 12.4. The van der Waals surface area contributed by atoms with E-state index in [4.69, 9.17) is 10.6 Å². The molecular formula is C11H15F3N2O. The van der Waals surface area contributed by atoms with Crippen LogP contribution >= 0.6 is 0 Å². The van der Waals surface area contributed by atoms with Crippen molar-refractivity contribution in [1.82, 2.24) is 0 Å². The molecule has 0 amide bonds. The molecule has 3 nitrogen and oxygen atoms in total. The first kappa shape index (κ1) is 13.6. The van der Waals surface area contributed by atoms with Gasteiger partial charge in [0.25, 0.3) is 0 Å². The van der Waals surface area contributed by atoms with Crippen LogP contribution in [0.1, 0.15) is 25.3 Å². The molecule has 0 bridgehead atoms. The summed E-state index contributed by atoms with van der Waals surface area (Å²) in [6, 6.07) is 3.18. The Morgan fingerprint density at radius 1 is 1.35 bits per heavy atom. The fourth-order valence-corrected chi connectivity index (χ4v) is 1.27. The van der Waals surface area contributed by atoms with Gasteiger partial charge in [0.05, 0.1) is 17.9 Å². The number of hydrazine groups is 1. The molecule has 0 atom stereocenters. The summed E-state index contributed by atoms with van der Waals surface area (Å²) in [7, 11) is 0. The maximum absolute atomic E-state index is 12.4. The van der Waals surface area contributed by atoms with Crippen LogP contribution in [0, 0.1) is 0 Å². The van der Waals surface area contributed by atoms with E-state index in [2.05, 4.69) is 5.43 Å². The van der Waals surface area contributed by atoms with Crippen molar-refractivity contribution in [1.29, 1.82) is 0 Å². The second-order valence-electron chi connectivity index (χ2n) is 3.56. The monoisotopic (exact) mass is 248 g/mol. The predicted octanol–water partition coefficient (Wildman–Crippen LogP) is 3.17. The molecule has 1 rings (SSSR count).